The quantitative estimate of drug-likeness (QED) is 0.888. The molecule has 0 amide bonds. The lowest BCUT2D eigenvalue weighted by atomic mass is 10.2. The summed E-state index contributed by atoms with van der Waals surface area (Å²) in [4.78, 5) is 19.1. The van der Waals surface area contributed by atoms with Gasteiger partial charge in [0.25, 0.3) is 0 Å². The van der Waals surface area contributed by atoms with E-state index in [0.29, 0.717) is 16.5 Å². The minimum Gasteiger partial charge on any atom is -0.477 e. The molecule has 0 fully saturated rings. The number of carboxylic acids is 1. The van der Waals surface area contributed by atoms with Gasteiger partial charge in [0.1, 0.15) is 0 Å². The summed E-state index contributed by atoms with van der Waals surface area (Å²) >= 11 is 5.78. The van der Waals surface area contributed by atoms with Gasteiger partial charge in [0.2, 0.25) is 0 Å². The largest absolute Gasteiger partial charge is 0.477 e. The number of hydrogen-bond acceptors (Lipinski definition) is 3. The molecule has 0 saturated heterocycles. The normalized spacial score (nSPS) is 10.2. The van der Waals surface area contributed by atoms with Crippen LogP contribution < -0.4 is 0 Å². The number of halogens is 1. The molecule has 0 bridgehead atoms. The van der Waals surface area contributed by atoms with E-state index < -0.39 is 5.97 Å². The van der Waals surface area contributed by atoms with E-state index in [1.165, 1.54) is 6.07 Å². The molecule has 1 aromatic carbocycles. The zero-order chi connectivity index (χ0) is 12.4. The fourth-order valence-electron chi connectivity index (χ4n) is 1.41. The molecule has 4 nitrogen and oxygen atoms in total. The molecular formula is C12H9ClN2O2. The molecule has 0 saturated carbocycles. The van der Waals surface area contributed by atoms with Gasteiger partial charge in [0.05, 0.1) is 0 Å². The number of aromatic nitrogens is 2. The van der Waals surface area contributed by atoms with Crippen molar-refractivity contribution in [3.8, 4) is 11.4 Å². The van der Waals surface area contributed by atoms with Crippen molar-refractivity contribution in [2.45, 2.75) is 6.92 Å². The second-order valence-electron chi connectivity index (χ2n) is 3.53. The number of hydrogen-bond donors (Lipinski definition) is 1. The lowest BCUT2D eigenvalue weighted by Crippen LogP contribution is -2.04. The number of benzene rings is 1. The number of carboxylic acid groups (broad SMARTS) is 1. The molecule has 0 unspecified atom stereocenters. The van der Waals surface area contributed by atoms with Gasteiger partial charge >= 0.3 is 5.97 Å². The molecule has 17 heavy (non-hydrogen) atoms. The topological polar surface area (TPSA) is 63.1 Å². The summed E-state index contributed by atoms with van der Waals surface area (Å²) in [5.74, 6) is -0.676. The Kier molecular flexibility index (Phi) is 3.06. The van der Waals surface area contributed by atoms with Crippen LogP contribution in [0, 0.1) is 6.92 Å². The Morgan fingerprint density at radius 2 is 1.88 bits per heavy atom. The number of carbonyl (C=O) groups is 1. The number of aryl methyl sites for hydroxylation is 1. The Morgan fingerprint density at radius 1 is 1.24 bits per heavy atom. The summed E-state index contributed by atoms with van der Waals surface area (Å²) in [6.45, 7) is 1.73. The molecule has 1 aromatic heterocycles. The molecule has 0 aliphatic carbocycles. The maximum atomic E-state index is 10.9. The van der Waals surface area contributed by atoms with Crippen molar-refractivity contribution in [1.29, 1.82) is 0 Å². The van der Waals surface area contributed by atoms with Crippen molar-refractivity contribution in [2.75, 3.05) is 0 Å². The predicted octanol–water partition coefficient (Wildman–Crippen LogP) is 2.80. The third-order valence-corrected chi connectivity index (χ3v) is 2.43. The van der Waals surface area contributed by atoms with Crippen LogP contribution in [0.25, 0.3) is 11.4 Å². The van der Waals surface area contributed by atoms with Crippen molar-refractivity contribution < 1.29 is 9.90 Å². The maximum Gasteiger partial charge on any atom is 0.354 e. The summed E-state index contributed by atoms with van der Waals surface area (Å²) in [5, 5.41) is 9.52. The van der Waals surface area contributed by atoms with Gasteiger partial charge < -0.3 is 5.11 Å². The average Bonchev–Trinajstić information content (AvgIpc) is 2.29. The number of rotatable bonds is 2. The van der Waals surface area contributed by atoms with Crippen LogP contribution in [0.1, 0.15) is 16.2 Å². The molecule has 0 atom stereocenters. The molecule has 0 spiro atoms. The molecule has 0 aliphatic heterocycles. The van der Waals surface area contributed by atoms with Gasteiger partial charge in [-0.15, -0.1) is 0 Å². The highest BCUT2D eigenvalue weighted by Crippen LogP contribution is 2.18. The van der Waals surface area contributed by atoms with Crippen LogP contribution in [-0.4, -0.2) is 21.0 Å². The first kappa shape index (κ1) is 11.5. The Labute approximate surface area is 103 Å². The van der Waals surface area contributed by atoms with Crippen LogP contribution in [0.4, 0.5) is 0 Å². The van der Waals surface area contributed by atoms with E-state index in [1.807, 2.05) is 0 Å². The number of nitrogens with zero attached hydrogens (tertiary/aromatic N) is 2. The van der Waals surface area contributed by atoms with Crippen molar-refractivity contribution in [2.24, 2.45) is 0 Å². The molecule has 1 heterocycles. The zero-order valence-electron chi connectivity index (χ0n) is 9.01. The van der Waals surface area contributed by atoms with Gasteiger partial charge in [-0.1, -0.05) is 11.6 Å². The third-order valence-electron chi connectivity index (χ3n) is 2.18. The van der Waals surface area contributed by atoms with Gasteiger partial charge in [-0.2, -0.15) is 0 Å². The molecule has 86 valence electrons. The Balaban J connectivity index is 2.51. The number of aromatic carboxylic acids is 1. The highest BCUT2D eigenvalue weighted by molar-refractivity contribution is 6.30. The summed E-state index contributed by atoms with van der Waals surface area (Å²) in [5.41, 5.74) is 1.34. The van der Waals surface area contributed by atoms with Gasteiger partial charge in [-0.25, -0.2) is 14.8 Å². The van der Waals surface area contributed by atoms with E-state index in [4.69, 9.17) is 16.7 Å². The van der Waals surface area contributed by atoms with Crippen molar-refractivity contribution >= 4 is 17.6 Å². The smallest absolute Gasteiger partial charge is 0.354 e. The van der Waals surface area contributed by atoms with E-state index in [-0.39, 0.29) is 5.69 Å². The van der Waals surface area contributed by atoms with Crippen LogP contribution in [0.5, 0.6) is 0 Å². The van der Waals surface area contributed by atoms with Crippen LogP contribution >= 0.6 is 11.6 Å². The fourth-order valence-corrected chi connectivity index (χ4v) is 1.53. The van der Waals surface area contributed by atoms with E-state index in [2.05, 4.69) is 9.97 Å². The van der Waals surface area contributed by atoms with Crippen molar-refractivity contribution in [1.82, 2.24) is 9.97 Å². The van der Waals surface area contributed by atoms with Gasteiger partial charge in [-0.3, -0.25) is 0 Å². The molecule has 5 heteroatoms. The standard InChI is InChI=1S/C12H9ClN2O2/c1-7-6-10(12(16)17)15-11(14-7)8-2-4-9(13)5-3-8/h2-6H,1H3,(H,16,17). The van der Waals surface area contributed by atoms with E-state index >= 15 is 0 Å². The fraction of sp³-hybridized carbons (Fsp3) is 0.0833. The van der Waals surface area contributed by atoms with Gasteiger partial charge in [0, 0.05) is 16.3 Å². The molecule has 0 radical (unpaired) electrons. The van der Waals surface area contributed by atoms with E-state index in [1.54, 1.807) is 31.2 Å². The highest BCUT2D eigenvalue weighted by atomic mass is 35.5. The average molecular weight is 249 g/mol. The van der Waals surface area contributed by atoms with Gasteiger partial charge in [0.15, 0.2) is 11.5 Å². The maximum absolute atomic E-state index is 10.9. The summed E-state index contributed by atoms with van der Waals surface area (Å²) in [6.07, 6.45) is 0. The molecule has 1 N–H and O–H groups in total. The summed E-state index contributed by atoms with van der Waals surface area (Å²) < 4.78 is 0. The lowest BCUT2D eigenvalue weighted by Gasteiger charge is -2.03. The summed E-state index contributed by atoms with van der Waals surface area (Å²) in [6, 6.07) is 8.36. The van der Waals surface area contributed by atoms with Crippen molar-refractivity contribution in [3.05, 3.63) is 46.7 Å². The van der Waals surface area contributed by atoms with Gasteiger partial charge in [-0.05, 0) is 37.3 Å². The molecular weight excluding hydrogens is 240 g/mol. The predicted molar refractivity (Wildman–Crippen MR) is 64.2 cm³/mol. The monoisotopic (exact) mass is 248 g/mol. The third kappa shape index (κ3) is 2.60. The van der Waals surface area contributed by atoms with Crippen LogP contribution in [0.2, 0.25) is 5.02 Å². The lowest BCUT2D eigenvalue weighted by molar-refractivity contribution is 0.0690. The Morgan fingerprint density at radius 3 is 2.47 bits per heavy atom. The second-order valence-corrected chi connectivity index (χ2v) is 3.97. The van der Waals surface area contributed by atoms with E-state index in [0.717, 1.165) is 5.56 Å². The minimum atomic E-state index is -1.06. The van der Waals surface area contributed by atoms with E-state index in [9.17, 15) is 4.79 Å². The second kappa shape index (κ2) is 4.51. The SMILES string of the molecule is Cc1cc(C(=O)O)nc(-c2ccc(Cl)cc2)n1. The van der Waals surface area contributed by atoms with Crippen LogP contribution in [0.15, 0.2) is 30.3 Å². The molecule has 2 rings (SSSR count). The first-order chi connectivity index (χ1) is 8.06. The first-order valence-electron chi connectivity index (χ1n) is 4.91. The van der Waals surface area contributed by atoms with Crippen LogP contribution in [-0.2, 0) is 0 Å². The Bertz CT molecular complexity index is 567. The highest BCUT2D eigenvalue weighted by Gasteiger charge is 2.09. The zero-order valence-corrected chi connectivity index (χ0v) is 9.77. The minimum absolute atomic E-state index is 0.0116. The van der Waals surface area contributed by atoms with Crippen LogP contribution in [0.3, 0.4) is 0 Å². The summed E-state index contributed by atoms with van der Waals surface area (Å²) in [7, 11) is 0. The molecule has 0 aliphatic rings. The van der Waals surface area contributed by atoms with Crippen molar-refractivity contribution in [3.63, 3.8) is 0 Å². The molecule has 2 aromatic rings. The Hall–Kier alpha value is -1.94. The first-order valence-corrected chi connectivity index (χ1v) is 5.29.